The summed E-state index contributed by atoms with van der Waals surface area (Å²) in [6.45, 7) is 0. The third-order valence-electron chi connectivity index (χ3n) is 5.63. The minimum atomic E-state index is 0.926. The summed E-state index contributed by atoms with van der Waals surface area (Å²) >= 11 is 0. The van der Waals surface area contributed by atoms with Crippen molar-refractivity contribution in [1.29, 1.82) is 0 Å². The number of anilines is 2. The van der Waals surface area contributed by atoms with Crippen LogP contribution in [0.3, 0.4) is 0 Å². The van der Waals surface area contributed by atoms with Gasteiger partial charge in [-0.3, -0.25) is 0 Å². The van der Waals surface area contributed by atoms with E-state index < -0.39 is 0 Å². The Bertz CT molecular complexity index is 1510. The molecule has 0 aliphatic heterocycles. The van der Waals surface area contributed by atoms with E-state index in [1.54, 1.807) is 0 Å². The highest BCUT2D eigenvalue weighted by atomic mass is 16.3. The van der Waals surface area contributed by atoms with Crippen LogP contribution in [-0.4, -0.2) is 0 Å². The lowest BCUT2D eigenvalue weighted by Crippen LogP contribution is -1.90. The van der Waals surface area contributed by atoms with E-state index >= 15 is 0 Å². The van der Waals surface area contributed by atoms with E-state index in [1.807, 2.05) is 12.1 Å². The summed E-state index contributed by atoms with van der Waals surface area (Å²) < 4.78 is 5.95. The first kappa shape index (κ1) is 16.9. The molecule has 1 N–H and O–H groups in total. The number of para-hydroxylation sites is 1. The van der Waals surface area contributed by atoms with Crippen LogP contribution in [0, 0.1) is 0 Å². The van der Waals surface area contributed by atoms with Crippen LogP contribution in [-0.2, 0) is 0 Å². The second-order valence-electron chi connectivity index (χ2n) is 7.57. The zero-order chi connectivity index (χ0) is 19.9. The highest BCUT2D eigenvalue weighted by Crippen LogP contribution is 2.33. The van der Waals surface area contributed by atoms with E-state index in [0.29, 0.717) is 0 Å². The maximum Gasteiger partial charge on any atom is 0.135 e. The average molecular weight is 385 g/mol. The van der Waals surface area contributed by atoms with E-state index in [4.69, 9.17) is 4.42 Å². The van der Waals surface area contributed by atoms with Gasteiger partial charge in [-0.05, 0) is 64.4 Å². The molecule has 6 rings (SSSR count). The number of rotatable bonds is 3. The van der Waals surface area contributed by atoms with Crippen molar-refractivity contribution in [3.63, 3.8) is 0 Å². The first-order chi connectivity index (χ1) is 14.8. The number of furan rings is 1. The summed E-state index contributed by atoms with van der Waals surface area (Å²) in [5.41, 5.74) is 6.39. The zero-order valence-corrected chi connectivity index (χ0v) is 16.3. The minimum Gasteiger partial charge on any atom is -0.456 e. The number of hydrogen-bond donors (Lipinski definition) is 1. The number of hydrogen-bond acceptors (Lipinski definition) is 2. The molecule has 0 saturated carbocycles. The predicted molar refractivity (Wildman–Crippen MR) is 126 cm³/mol. The molecule has 2 heteroatoms. The Labute approximate surface area is 174 Å². The van der Waals surface area contributed by atoms with E-state index in [1.165, 1.54) is 21.9 Å². The molecule has 0 spiro atoms. The summed E-state index contributed by atoms with van der Waals surface area (Å²) in [5.74, 6) is 0. The molecular formula is C28H19NO. The van der Waals surface area contributed by atoms with Gasteiger partial charge in [0.1, 0.15) is 11.2 Å². The summed E-state index contributed by atoms with van der Waals surface area (Å²) in [6.07, 6.45) is 0. The van der Waals surface area contributed by atoms with Gasteiger partial charge in [-0.15, -0.1) is 0 Å². The van der Waals surface area contributed by atoms with Crippen LogP contribution >= 0.6 is 0 Å². The van der Waals surface area contributed by atoms with Gasteiger partial charge in [0.25, 0.3) is 0 Å². The largest absolute Gasteiger partial charge is 0.456 e. The van der Waals surface area contributed by atoms with Gasteiger partial charge in [0.2, 0.25) is 0 Å². The molecule has 0 radical (unpaired) electrons. The lowest BCUT2D eigenvalue weighted by Gasteiger charge is -2.09. The average Bonchev–Trinajstić information content (AvgIpc) is 3.17. The highest BCUT2D eigenvalue weighted by Gasteiger charge is 2.08. The summed E-state index contributed by atoms with van der Waals surface area (Å²) in [4.78, 5) is 0. The number of nitrogens with one attached hydrogen (secondary N) is 1. The SMILES string of the molecule is c1ccc2cc(Nc3ccc(-c4ccc5oc6ccccc6c5c4)cc3)ccc2c1. The maximum absolute atomic E-state index is 5.95. The fourth-order valence-corrected chi connectivity index (χ4v) is 4.09. The fraction of sp³-hybridized carbons (Fsp3) is 0. The molecular weight excluding hydrogens is 366 g/mol. The van der Waals surface area contributed by atoms with Gasteiger partial charge < -0.3 is 9.73 Å². The molecule has 2 nitrogen and oxygen atoms in total. The smallest absolute Gasteiger partial charge is 0.135 e. The molecule has 6 aromatic rings. The van der Waals surface area contributed by atoms with E-state index in [-0.39, 0.29) is 0 Å². The van der Waals surface area contributed by atoms with Crippen molar-refractivity contribution >= 4 is 44.1 Å². The summed E-state index contributed by atoms with van der Waals surface area (Å²) in [7, 11) is 0. The van der Waals surface area contributed by atoms with Gasteiger partial charge in [-0.25, -0.2) is 0 Å². The monoisotopic (exact) mass is 385 g/mol. The van der Waals surface area contributed by atoms with E-state index in [2.05, 4.69) is 102 Å². The third kappa shape index (κ3) is 2.90. The van der Waals surface area contributed by atoms with Crippen LogP contribution in [0.4, 0.5) is 11.4 Å². The molecule has 30 heavy (non-hydrogen) atoms. The Morgan fingerprint density at radius 2 is 1.17 bits per heavy atom. The van der Waals surface area contributed by atoms with Crippen molar-refractivity contribution in [3.05, 3.63) is 109 Å². The Kier molecular flexibility index (Phi) is 3.82. The highest BCUT2D eigenvalue weighted by molar-refractivity contribution is 6.06. The molecule has 0 unspecified atom stereocenters. The van der Waals surface area contributed by atoms with Crippen LogP contribution in [0.1, 0.15) is 0 Å². The molecule has 0 atom stereocenters. The Hall–Kier alpha value is -4.04. The molecule has 0 bridgehead atoms. The maximum atomic E-state index is 5.95. The van der Waals surface area contributed by atoms with Crippen molar-refractivity contribution in [2.45, 2.75) is 0 Å². The fourth-order valence-electron chi connectivity index (χ4n) is 4.09. The van der Waals surface area contributed by atoms with Gasteiger partial charge in [0.15, 0.2) is 0 Å². The minimum absolute atomic E-state index is 0.926. The molecule has 1 aromatic heterocycles. The standard InChI is InChI=1S/C28H19NO/c1-2-6-21-17-24(15-11-19(21)5-1)29-23-13-9-20(10-14-23)22-12-16-28-26(18-22)25-7-3-4-8-27(25)30-28/h1-18,29H. The molecule has 5 aromatic carbocycles. The van der Waals surface area contributed by atoms with Gasteiger partial charge in [0, 0.05) is 22.1 Å². The molecule has 1 heterocycles. The summed E-state index contributed by atoms with van der Waals surface area (Å²) in [6, 6.07) is 38.0. The predicted octanol–water partition coefficient (Wildman–Crippen LogP) is 8.15. The topological polar surface area (TPSA) is 25.2 Å². The van der Waals surface area contributed by atoms with Crippen molar-refractivity contribution < 1.29 is 4.42 Å². The van der Waals surface area contributed by atoms with Crippen molar-refractivity contribution in [2.24, 2.45) is 0 Å². The zero-order valence-electron chi connectivity index (χ0n) is 16.3. The molecule has 0 fully saturated rings. The van der Waals surface area contributed by atoms with Crippen LogP contribution in [0.5, 0.6) is 0 Å². The molecule has 142 valence electrons. The van der Waals surface area contributed by atoms with Crippen molar-refractivity contribution in [3.8, 4) is 11.1 Å². The molecule has 0 aliphatic carbocycles. The lowest BCUT2D eigenvalue weighted by atomic mass is 10.0. The Morgan fingerprint density at radius 1 is 0.467 bits per heavy atom. The summed E-state index contributed by atoms with van der Waals surface area (Å²) in [5, 5.41) is 8.31. The molecule has 0 amide bonds. The van der Waals surface area contributed by atoms with Gasteiger partial charge in [0.05, 0.1) is 0 Å². The molecule has 0 saturated heterocycles. The van der Waals surface area contributed by atoms with Crippen LogP contribution in [0.25, 0.3) is 43.8 Å². The lowest BCUT2D eigenvalue weighted by molar-refractivity contribution is 0.669. The van der Waals surface area contributed by atoms with E-state index in [9.17, 15) is 0 Å². The third-order valence-corrected chi connectivity index (χ3v) is 5.63. The Morgan fingerprint density at radius 3 is 2.07 bits per heavy atom. The molecule has 0 aliphatic rings. The second kappa shape index (κ2) is 6.78. The normalized spacial score (nSPS) is 11.3. The van der Waals surface area contributed by atoms with Crippen molar-refractivity contribution in [2.75, 3.05) is 5.32 Å². The first-order valence-electron chi connectivity index (χ1n) is 10.1. The van der Waals surface area contributed by atoms with E-state index in [0.717, 1.165) is 33.3 Å². The van der Waals surface area contributed by atoms with Gasteiger partial charge >= 0.3 is 0 Å². The number of benzene rings is 5. The van der Waals surface area contributed by atoms with Crippen molar-refractivity contribution in [1.82, 2.24) is 0 Å². The quantitative estimate of drug-likeness (QED) is 0.332. The van der Waals surface area contributed by atoms with Crippen LogP contribution < -0.4 is 5.32 Å². The number of fused-ring (bicyclic) bond motifs is 4. The van der Waals surface area contributed by atoms with Gasteiger partial charge in [-0.1, -0.05) is 66.7 Å². The Balaban J connectivity index is 1.31. The van der Waals surface area contributed by atoms with Gasteiger partial charge in [-0.2, -0.15) is 0 Å². The first-order valence-corrected chi connectivity index (χ1v) is 10.1. The van der Waals surface area contributed by atoms with Crippen LogP contribution in [0.15, 0.2) is 114 Å². The van der Waals surface area contributed by atoms with Crippen LogP contribution in [0.2, 0.25) is 0 Å². The second-order valence-corrected chi connectivity index (χ2v) is 7.57.